The average molecular weight is 573 g/mol. The van der Waals surface area contributed by atoms with Gasteiger partial charge in [-0.25, -0.2) is 13.4 Å². The van der Waals surface area contributed by atoms with Crippen molar-refractivity contribution < 1.29 is 31.2 Å². The number of hydrogen-bond donors (Lipinski definition) is 2. The summed E-state index contributed by atoms with van der Waals surface area (Å²) in [4.78, 5) is 21.3. The van der Waals surface area contributed by atoms with Crippen molar-refractivity contribution >= 4 is 27.3 Å². The van der Waals surface area contributed by atoms with Gasteiger partial charge in [-0.1, -0.05) is 18.2 Å². The van der Waals surface area contributed by atoms with Crippen LogP contribution in [0, 0.1) is 16.0 Å². The number of benzene rings is 1. The van der Waals surface area contributed by atoms with E-state index < -0.39 is 21.1 Å². The minimum Gasteiger partial charge on any atom is -0.405 e. The minimum atomic E-state index is -4.84. The van der Waals surface area contributed by atoms with Gasteiger partial charge in [-0.3, -0.25) is 15.0 Å². The van der Waals surface area contributed by atoms with E-state index in [1.54, 1.807) is 6.07 Å². The molecule has 4 rings (SSSR count). The number of halogens is 3. The topological polar surface area (TPSA) is 140 Å². The Morgan fingerprint density at radius 1 is 1.15 bits per heavy atom. The molecular formula is C24H31F3N6O5S. The number of anilines is 2. The quantitative estimate of drug-likeness (QED) is 0.317. The summed E-state index contributed by atoms with van der Waals surface area (Å²) in [6.45, 7) is 1.71. The molecule has 1 saturated carbocycles. The van der Waals surface area contributed by atoms with Crippen molar-refractivity contribution in [3.8, 4) is 5.75 Å². The molecule has 214 valence electrons. The van der Waals surface area contributed by atoms with E-state index in [0.29, 0.717) is 25.6 Å². The van der Waals surface area contributed by atoms with E-state index in [1.807, 2.05) is 0 Å². The number of nitro groups is 1. The van der Waals surface area contributed by atoms with Crippen molar-refractivity contribution in [3.05, 3.63) is 46.1 Å². The smallest absolute Gasteiger partial charge is 0.405 e. The molecule has 11 nitrogen and oxygen atoms in total. The number of likely N-dealkylation sites (tertiary alicyclic amines) is 1. The van der Waals surface area contributed by atoms with Gasteiger partial charge in [0.05, 0.1) is 10.2 Å². The van der Waals surface area contributed by atoms with E-state index in [1.165, 1.54) is 24.5 Å². The molecule has 0 radical (unpaired) electrons. The summed E-state index contributed by atoms with van der Waals surface area (Å²) >= 11 is 0. The lowest BCUT2D eigenvalue weighted by Gasteiger charge is -2.34. The zero-order chi connectivity index (χ0) is 28.2. The van der Waals surface area contributed by atoms with E-state index in [-0.39, 0.29) is 46.5 Å². The maximum atomic E-state index is 12.7. The highest BCUT2D eigenvalue weighted by molar-refractivity contribution is 7.91. The summed E-state index contributed by atoms with van der Waals surface area (Å²) in [6.07, 6.45) is 1.77. The standard InChI is InChI=1S/C24H31F3N6O5S/c1-39(36,37)19-10-11-32(15-19)18-8-6-16(7-9-18)12-28-22-20(33(34)35)14-30-23(31-22)29-13-17-4-2-3-5-21(17)38-24(25,26)27/h2-5,14,16,18-19H,6-13,15H2,1H3,(H2,28,29,30,31)/t16-,18-,19?. The molecule has 2 N–H and O–H groups in total. The lowest BCUT2D eigenvalue weighted by atomic mass is 9.85. The largest absolute Gasteiger partial charge is 0.573 e. The number of nitrogens with one attached hydrogen (secondary N) is 2. The van der Waals surface area contributed by atoms with Crippen LogP contribution in [0.2, 0.25) is 0 Å². The van der Waals surface area contributed by atoms with Crippen LogP contribution in [0.4, 0.5) is 30.6 Å². The van der Waals surface area contributed by atoms with E-state index in [2.05, 4.69) is 30.2 Å². The van der Waals surface area contributed by atoms with Crippen LogP contribution in [-0.4, -0.2) is 71.8 Å². The molecule has 1 saturated heterocycles. The first-order valence-electron chi connectivity index (χ1n) is 12.6. The number of aromatic nitrogens is 2. The Labute approximate surface area is 224 Å². The predicted octanol–water partition coefficient (Wildman–Crippen LogP) is 3.99. The van der Waals surface area contributed by atoms with Gasteiger partial charge >= 0.3 is 12.0 Å². The first-order chi connectivity index (χ1) is 18.4. The Morgan fingerprint density at radius 3 is 2.51 bits per heavy atom. The third-order valence-electron chi connectivity index (χ3n) is 7.27. The predicted molar refractivity (Wildman–Crippen MR) is 138 cm³/mol. The van der Waals surface area contributed by atoms with Crippen molar-refractivity contribution in [2.24, 2.45) is 5.92 Å². The van der Waals surface area contributed by atoms with Gasteiger partial charge in [0.25, 0.3) is 0 Å². The summed E-state index contributed by atoms with van der Waals surface area (Å²) in [5.41, 5.74) is -0.0946. The Bertz CT molecular complexity index is 1270. The van der Waals surface area contributed by atoms with Crippen LogP contribution in [0.1, 0.15) is 37.7 Å². The van der Waals surface area contributed by atoms with Gasteiger partial charge < -0.3 is 15.4 Å². The van der Waals surface area contributed by atoms with Crippen LogP contribution in [0.25, 0.3) is 0 Å². The molecule has 0 amide bonds. The molecule has 39 heavy (non-hydrogen) atoms. The van der Waals surface area contributed by atoms with E-state index >= 15 is 0 Å². The van der Waals surface area contributed by atoms with Crippen molar-refractivity contribution in [2.75, 3.05) is 36.5 Å². The van der Waals surface area contributed by atoms with E-state index in [0.717, 1.165) is 38.4 Å². The molecule has 1 aliphatic carbocycles. The molecule has 2 aromatic rings. The van der Waals surface area contributed by atoms with Crippen LogP contribution < -0.4 is 15.4 Å². The summed E-state index contributed by atoms with van der Waals surface area (Å²) < 4.78 is 65.9. The molecule has 1 aliphatic heterocycles. The molecule has 2 aliphatic rings. The van der Waals surface area contributed by atoms with Gasteiger partial charge in [-0.2, -0.15) is 4.98 Å². The summed E-state index contributed by atoms with van der Waals surface area (Å²) in [6, 6.07) is 5.96. The molecule has 1 aromatic carbocycles. The zero-order valence-corrected chi connectivity index (χ0v) is 22.2. The maximum absolute atomic E-state index is 12.7. The number of ether oxygens (including phenoxy) is 1. The highest BCUT2D eigenvalue weighted by Gasteiger charge is 2.35. The number of alkyl halides is 3. The fourth-order valence-electron chi connectivity index (χ4n) is 5.16. The van der Waals surface area contributed by atoms with Crippen LogP contribution in [-0.2, 0) is 16.4 Å². The highest BCUT2D eigenvalue weighted by Crippen LogP contribution is 2.32. The molecular weight excluding hydrogens is 541 g/mol. The normalized spacial score (nSPS) is 22.4. The number of para-hydroxylation sites is 1. The minimum absolute atomic E-state index is 0.0167. The second-order valence-corrected chi connectivity index (χ2v) is 12.3. The third-order valence-corrected chi connectivity index (χ3v) is 8.87. The van der Waals surface area contributed by atoms with Crippen molar-refractivity contribution in [1.82, 2.24) is 14.9 Å². The van der Waals surface area contributed by atoms with Gasteiger partial charge in [0.1, 0.15) is 11.9 Å². The van der Waals surface area contributed by atoms with Crippen LogP contribution >= 0.6 is 0 Å². The fraction of sp³-hybridized carbons (Fsp3) is 0.583. The Morgan fingerprint density at radius 2 is 1.87 bits per heavy atom. The average Bonchev–Trinajstić information content (AvgIpc) is 3.37. The second-order valence-electron chi connectivity index (χ2n) is 9.98. The first kappa shape index (κ1) is 28.8. The number of hydrogen-bond acceptors (Lipinski definition) is 10. The van der Waals surface area contributed by atoms with Gasteiger partial charge in [-0.15, -0.1) is 13.2 Å². The summed E-state index contributed by atoms with van der Waals surface area (Å²) in [5, 5.41) is 17.1. The van der Waals surface area contributed by atoms with Crippen molar-refractivity contribution in [2.45, 2.75) is 56.3 Å². The number of rotatable bonds is 10. The molecule has 15 heteroatoms. The monoisotopic (exact) mass is 572 g/mol. The second kappa shape index (κ2) is 11.9. The van der Waals surface area contributed by atoms with Crippen LogP contribution in [0.3, 0.4) is 0 Å². The van der Waals surface area contributed by atoms with Crippen molar-refractivity contribution in [3.63, 3.8) is 0 Å². The molecule has 1 unspecified atom stereocenters. The molecule has 2 heterocycles. The SMILES string of the molecule is CS(=O)(=O)C1CCN([C@H]2CC[C@H](CNc3nc(NCc4ccccc4OC(F)(F)F)ncc3[N+](=O)[O-])CC2)C1. The molecule has 2 fully saturated rings. The fourth-order valence-corrected chi connectivity index (χ4v) is 6.16. The number of nitrogens with zero attached hydrogens (tertiary/aromatic N) is 4. The van der Waals surface area contributed by atoms with Gasteiger partial charge in [-0.05, 0) is 50.6 Å². The van der Waals surface area contributed by atoms with Gasteiger partial charge in [0.15, 0.2) is 9.84 Å². The van der Waals surface area contributed by atoms with E-state index in [4.69, 9.17) is 0 Å². The van der Waals surface area contributed by atoms with Crippen LogP contribution in [0.15, 0.2) is 30.5 Å². The Kier molecular flexibility index (Phi) is 8.79. The molecule has 0 bridgehead atoms. The lowest BCUT2D eigenvalue weighted by molar-refractivity contribution is -0.384. The van der Waals surface area contributed by atoms with E-state index in [9.17, 15) is 31.7 Å². The molecule has 1 atom stereocenters. The molecule has 1 aromatic heterocycles. The third kappa shape index (κ3) is 7.91. The zero-order valence-electron chi connectivity index (χ0n) is 21.4. The highest BCUT2D eigenvalue weighted by atomic mass is 32.2. The molecule has 0 spiro atoms. The van der Waals surface area contributed by atoms with Crippen LogP contribution in [0.5, 0.6) is 5.75 Å². The van der Waals surface area contributed by atoms with Crippen molar-refractivity contribution in [1.29, 1.82) is 0 Å². The maximum Gasteiger partial charge on any atom is 0.573 e. The number of sulfone groups is 1. The Hall–Kier alpha value is -3.20. The summed E-state index contributed by atoms with van der Waals surface area (Å²) in [5.74, 6) is -0.0702. The lowest BCUT2D eigenvalue weighted by Crippen LogP contribution is -2.38. The Balaban J connectivity index is 1.33. The van der Waals surface area contributed by atoms with Gasteiger partial charge in [0.2, 0.25) is 11.8 Å². The summed E-state index contributed by atoms with van der Waals surface area (Å²) in [7, 11) is -3.04. The van der Waals surface area contributed by atoms with Gasteiger partial charge in [0, 0.05) is 37.5 Å². The first-order valence-corrected chi connectivity index (χ1v) is 14.6.